The van der Waals surface area contributed by atoms with Crippen LogP contribution in [-0.4, -0.2) is 22.0 Å². The molecule has 2 heterocycles. The van der Waals surface area contributed by atoms with Crippen molar-refractivity contribution in [2.24, 2.45) is 0 Å². The van der Waals surface area contributed by atoms with Crippen LogP contribution in [0, 0.1) is 13.8 Å². The van der Waals surface area contributed by atoms with Crippen molar-refractivity contribution >= 4 is 5.91 Å². The van der Waals surface area contributed by atoms with Crippen LogP contribution in [0.4, 0.5) is 0 Å². The van der Waals surface area contributed by atoms with Crippen LogP contribution in [0.2, 0.25) is 0 Å². The summed E-state index contributed by atoms with van der Waals surface area (Å²) < 4.78 is 10.8. The van der Waals surface area contributed by atoms with Gasteiger partial charge < -0.3 is 13.8 Å². The number of rotatable bonds is 5. The average molecular weight is 336 g/mol. The number of nitrogens with zero attached hydrogens (tertiary/aromatic N) is 2. The van der Waals surface area contributed by atoms with Crippen LogP contribution < -0.4 is 0 Å². The number of aryl methyl sites for hydroxylation is 2. The van der Waals surface area contributed by atoms with Crippen LogP contribution in [0.5, 0.6) is 0 Å². The maximum absolute atomic E-state index is 12.6. The van der Waals surface area contributed by atoms with Crippen molar-refractivity contribution in [3.05, 3.63) is 65.2 Å². The van der Waals surface area contributed by atoms with E-state index < -0.39 is 0 Å². The molecule has 5 nitrogen and oxygen atoms in total. The molecule has 1 aromatic carbocycles. The third-order valence-corrected chi connectivity index (χ3v) is 4.66. The molecule has 0 saturated heterocycles. The first-order chi connectivity index (χ1) is 12.1. The van der Waals surface area contributed by atoms with E-state index in [1.165, 1.54) is 17.4 Å². The Balaban J connectivity index is 1.55. The summed E-state index contributed by atoms with van der Waals surface area (Å²) in [6.07, 6.45) is 3.56. The summed E-state index contributed by atoms with van der Waals surface area (Å²) in [5.41, 5.74) is 4.20. The van der Waals surface area contributed by atoms with E-state index in [1.807, 2.05) is 17.0 Å². The number of hydrogen-bond donors (Lipinski definition) is 0. The van der Waals surface area contributed by atoms with Crippen molar-refractivity contribution < 1.29 is 13.7 Å². The first kappa shape index (κ1) is 15.7. The topological polar surface area (TPSA) is 59.5 Å². The molecule has 0 N–H and O–H groups in total. The summed E-state index contributed by atoms with van der Waals surface area (Å²) in [7, 11) is 0. The highest BCUT2D eigenvalue weighted by molar-refractivity contribution is 5.91. The predicted molar refractivity (Wildman–Crippen MR) is 93.0 cm³/mol. The normalized spacial score (nSPS) is 13.8. The number of aromatic nitrogens is 1. The van der Waals surface area contributed by atoms with E-state index >= 15 is 0 Å². The Bertz CT molecular complexity index is 892. The van der Waals surface area contributed by atoms with Crippen molar-refractivity contribution in [2.75, 3.05) is 0 Å². The van der Waals surface area contributed by atoms with Crippen molar-refractivity contribution in [1.29, 1.82) is 0 Å². The lowest BCUT2D eigenvalue weighted by molar-refractivity contribution is 0.0693. The van der Waals surface area contributed by atoms with Crippen molar-refractivity contribution in [1.82, 2.24) is 10.1 Å². The minimum atomic E-state index is -0.0942. The maximum Gasteiger partial charge on any atom is 0.290 e. The van der Waals surface area contributed by atoms with E-state index in [0.717, 1.165) is 29.9 Å². The summed E-state index contributed by atoms with van der Waals surface area (Å²) in [5.74, 6) is 0.993. The van der Waals surface area contributed by atoms with Gasteiger partial charge in [-0.1, -0.05) is 17.3 Å². The molecule has 0 radical (unpaired) electrons. The number of furan rings is 1. The van der Waals surface area contributed by atoms with E-state index in [0.29, 0.717) is 12.3 Å². The molecule has 5 heteroatoms. The van der Waals surface area contributed by atoms with Gasteiger partial charge >= 0.3 is 0 Å². The van der Waals surface area contributed by atoms with Crippen LogP contribution in [0.25, 0.3) is 11.3 Å². The van der Waals surface area contributed by atoms with Crippen molar-refractivity contribution in [2.45, 2.75) is 39.3 Å². The van der Waals surface area contributed by atoms with Gasteiger partial charge in [-0.15, -0.1) is 0 Å². The number of hydrogen-bond acceptors (Lipinski definition) is 4. The molecule has 3 aromatic rings. The van der Waals surface area contributed by atoms with Gasteiger partial charge in [-0.2, -0.15) is 0 Å². The standard InChI is InChI=1S/C20H20N2O3/c1-13-5-6-15(10-14(13)2)19-11-16(21-25-19)12-22(17-7-8-17)20(23)18-4-3-9-24-18/h3-6,9-11,17H,7-8,12H2,1-2H3. The minimum Gasteiger partial charge on any atom is -0.459 e. The molecular formula is C20H20N2O3. The summed E-state index contributed by atoms with van der Waals surface area (Å²) in [6.45, 7) is 4.59. The molecule has 1 saturated carbocycles. The van der Waals surface area contributed by atoms with E-state index in [9.17, 15) is 4.79 Å². The fourth-order valence-electron chi connectivity index (χ4n) is 2.89. The lowest BCUT2D eigenvalue weighted by Gasteiger charge is -2.19. The van der Waals surface area contributed by atoms with Gasteiger partial charge in [0.15, 0.2) is 11.5 Å². The van der Waals surface area contributed by atoms with E-state index in [4.69, 9.17) is 8.94 Å². The Morgan fingerprint density at radius 1 is 1.20 bits per heavy atom. The lowest BCUT2D eigenvalue weighted by atomic mass is 10.0. The number of carbonyl (C=O) groups is 1. The monoisotopic (exact) mass is 336 g/mol. The van der Waals surface area contributed by atoms with Crippen LogP contribution in [0.15, 0.2) is 51.6 Å². The molecule has 1 fully saturated rings. The third-order valence-electron chi connectivity index (χ3n) is 4.66. The summed E-state index contributed by atoms with van der Waals surface area (Å²) in [5, 5.41) is 4.16. The van der Waals surface area contributed by atoms with Gasteiger partial charge in [-0.05, 0) is 56.0 Å². The van der Waals surface area contributed by atoms with Gasteiger partial charge in [0.25, 0.3) is 5.91 Å². The first-order valence-electron chi connectivity index (χ1n) is 8.49. The van der Waals surface area contributed by atoms with Gasteiger partial charge in [0, 0.05) is 17.7 Å². The maximum atomic E-state index is 12.6. The first-order valence-corrected chi connectivity index (χ1v) is 8.49. The Hall–Kier alpha value is -2.82. The molecule has 4 rings (SSSR count). The highest BCUT2D eigenvalue weighted by Gasteiger charge is 2.34. The lowest BCUT2D eigenvalue weighted by Crippen LogP contribution is -2.32. The quantitative estimate of drug-likeness (QED) is 0.695. The number of amides is 1. The Morgan fingerprint density at radius 2 is 2.04 bits per heavy atom. The second-order valence-corrected chi connectivity index (χ2v) is 6.62. The molecule has 1 amide bonds. The SMILES string of the molecule is Cc1ccc(-c2cc(CN(C(=O)c3ccco3)C3CC3)no2)cc1C. The van der Waals surface area contributed by atoms with Crippen LogP contribution >= 0.6 is 0 Å². The van der Waals surface area contributed by atoms with Crippen LogP contribution in [0.3, 0.4) is 0 Å². The zero-order valence-electron chi connectivity index (χ0n) is 14.4. The molecule has 0 bridgehead atoms. The van der Waals surface area contributed by atoms with Crippen LogP contribution in [-0.2, 0) is 6.54 Å². The fraction of sp³-hybridized carbons (Fsp3) is 0.300. The Kier molecular flexibility index (Phi) is 3.92. The predicted octanol–water partition coefficient (Wildman–Crippen LogP) is 4.36. The van der Waals surface area contributed by atoms with E-state index in [-0.39, 0.29) is 11.9 Å². The molecule has 1 aliphatic carbocycles. The molecule has 0 atom stereocenters. The fourth-order valence-corrected chi connectivity index (χ4v) is 2.89. The number of benzene rings is 1. The zero-order chi connectivity index (χ0) is 17.4. The molecular weight excluding hydrogens is 316 g/mol. The van der Waals surface area contributed by atoms with Gasteiger partial charge in [0.1, 0.15) is 5.69 Å². The summed E-state index contributed by atoms with van der Waals surface area (Å²) in [4.78, 5) is 14.4. The summed E-state index contributed by atoms with van der Waals surface area (Å²) in [6, 6.07) is 11.8. The highest BCUT2D eigenvalue weighted by Crippen LogP contribution is 2.31. The van der Waals surface area contributed by atoms with Gasteiger partial charge in [-0.3, -0.25) is 4.79 Å². The summed E-state index contributed by atoms with van der Waals surface area (Å²) >= 11 is 0. The Labute approximate surface area is 146 Å². The second kappa shape index (κ2) is 6.24. The molecule has 0 unspecified atom stereocenters. The van der Waals surface area contributed by atoms with Gasteiger partial charge in [-0.25, -0.2) is 0 Å². The largest absolute Gasteiger partial charge is 0.459 e. The molecule has 0 spiro atoms. The molecule has 128 valence electrons. The molecule has 1 aliphatic rings. The Morgan fingerprint density at radius 3 is 2.72 bits per heavy atom. The highest BCUT2D eigenvalue weighted by atomic mass is 16.5. The molecule has 0 aliphatic heterocycles. The second-order valence-electron chi connectivity index (χ2n) is 6.62. The van der Waals surface area contributed by atoms with Gasteiger partial charge in [0.2, 0.25) is 0 Å². The van der Waals surface area contributed by atoms with Crippen molar-refractivity contribution in [3.8, 4) is 11.3 Å². The molecule has 25 heavy (non-hydrogen) atoms. The minimum absolute atomic E-state index is 0.0942. The third kappa shape index (κ3) is 3.22. The smallest absolute Gasteiger partial charge is 0.290 e. The average Bonchev–Trinajstić information content (AvgIpc) is 3.11. The van der Waals surface area contributed by atoms with Crippen molar-refractivity contribution in [3.63, 3.8) is 0 Å². The number of carbonyl (C=O) groups excluding carboxylic acids is 1. The molecule has 2 aromatic heterocycles. The van der Waals surface area contributed by atoms with E-state index in [1.54, 1.807) is 12.1 Å². The van der Waals surface area contributed by atoms with Crippen LogP contribution in [0.1, 0.15) is 40.2 Å². The van der Waals surface area contributed by atoms with Gasteiger partial charge in [0.05, 0.1) is 12.8 Å². The zero-order valence-corrected chi connectivity index (χ0v) is 14.4. The van der Waals surface area contributed by atoms with E-state index in [2.05, 4.69) is 31.1 Å².